The van der Waals surface area contributed by atoms with Crippen LogP contribution in [0.25, 0.3) is 0 Å². The lowest BCUT2D eigenvalue weighted by atomic mass is 9.96. The van der Waals surface area contributed by atoms with Crippen molar-refractivity contribution in [2.45, 2.75) is 26.5 Å². The van der Waals surface area contributed by atoms with Gasteiger partial charge in [0.2, 0.25) is 5.91 Å². The molecule has 1 amide bonds. The van der Waals surface area contributed by atoms with E-state index in [2.05, 4.69) is 5.32 Å². The predicted molar refractivity (Wildman–Crippen MR) is 37.5 cm³/mol. The van der Waals surface area contributed by atoms with Crippen molar-refractivity contribution in [1.82, 2.24) is 5.32 Å². The fourth-order valence-corrected chi connectivity index (χ4v) is 1.08. The van der Waals surface area contributed by atoms with Crippen molar-refractivity contribution < 1.29 is 14.3 Å². The van der Waals surface area contributed by atoms with Gasteiger partial charge in [-0.05, 0) is 6.42 Å². The molecule has 0 radical (unpaired) electrons. The van der Waals surface area contributed by atoms with Gasteiger partial charge >= 0.3 is 5.97 Å². The Morgan fingerprint density at radius 1 is 1.73 bits per heavy atom. The second kappa shape index (κ2) is 2.90. The average molecular weight is 157 g/mol. The van der Waals surface area contributed by atoms with Gasteiger partial charge < -0.3 is 10.1 Å². The second-order valence-corrected chi connectivity index (χ2v) is 2.55. The van der Waals surface area contributed by atoms with Crippen molar-refractivity contribution in [3.05, 3.63) is 0 Å². The molecule has 0 aromatic rings. The van der Waals surface area contributed by atoms with Crippen LogP contribution in [0.5, 0.6) is 0 Å². The van der Waals surface area contributed by atoms with Crippen LogP contribution in [-0.2, 0) is 14.3 Å². The Hall–Kier alpha value is -1.06. The number of carbonyl (C=O) groups excluding carboxylic acids is 2. The van der Waals surface area contributed by atoms with Crippen LogP contribution < -0.4 is 5.32 Å². The highest BCUT2D eigenvalue weighted by Gasteiger charge is 2.39. The fraction of sp³-hybridized carbons (Fsp3) is 0.714. The quantitative estimate of drug-likeness (QED) is 0.454. The Balaban J connectivity index is 2.38. The molecule has 1 N–H and O–H groups in total. The van der Waals surface area contributed by atoms with Gasteiger partial charge in [0.1, 0.15) is 0 Å². The Kier molecular flexibility index (Phi) is 2.12. The lowest BCUT2D eigenvalue weighted by Crippen LogP contribution is -2.59. The van der Waals surface area contributed by atoms with E-state index in [1.165, 1.54) is 6.92 Å². The molecule has 1 rings (SSSR count). The molecular formula is C7H11NO3. The van der Waals surface area contributed by atoms with Crippen LogP contribution in [0, 0.1) is 5.92 Å². The van der Waals surface area contributed by atoms with Crippen LogP contribution in [0.2, 0.25) is 0 Å². The van der Waals surface area contributed by atoms with E-state index < -0.39 is 0 Å². The van der Waals surface area contributed by atoms with Gasteiger partial charge in [0.05, 0.1) is 5.92 Å². The topological polar surface area (TPSA) is 55.4 Å². The minimum Gasteiger partial charge on any atom is -0.441 e. The molecule has 1 aliphatic heterocycles. The third kappa shape index (κ3) is 1.50. The van der Waals surface area contributed by atoms with Crippen molar-refractivity contribution in [2.24, 2.45) is 5.92 Å². The normalized spacial score (nSPS) is 28.7. The molecule has 0 spiro atoms. The first-order valence-corrected chi connectivity index (χ1v) is 3.62. The molecule has 2 unspecified atom stereocenters. The molecule has 0 bridgehead atoms. The summed E-state index contributed by atoms with van der Waals surface area (Å²) >= 11 is 0. The molecular weight excluding hydrogens is 146 g/mol. The van der Waals surface area contributed by atoms with Gasteiger partial charge in [-0.25, -0.2) is 0 Å². The van der Waals surface area contributed by atoms with Gasteiger partial charge in [0.25, 0.3) is 0 Å². The third-order valence-corrected chi connectivity index (χ3v) is 1.72. The first kappa shape index (κ1) is 8.04. The minimum absolute atomic E-state index is 0.0289. The molecule has 62 valence electrons. The first-order valence-electron chi connectivity index (χ1n) is 3.62. The molecule has 0 aromatic carbocycles. The molecule has 4 heteroatoms. The summed E-state index contributed by atoms with van der Waals surface area (Å²) < 4.78 is 4.79. The largest absolute Gasteiger partial charge is 0.441 e. The number of esters is 1. The zero-order chi connectivity index (χ0) is 8.43. The van der Waals surface area contributed by atoms with E-state index in [1.54, 1.807) is 0 Å². The summed E-state index contributed by atoms with van der Waals surface area (Å²) in [6.45, 7) is 3.22. The van der Waals surface area contributed by atoms with E-state index in [0.29, 0.717) is 6.42 Å². The maximum atomic E-state index is 10.8. The first-order chi connectivity index (χ1) is 5.15. The maximum absolute atomic E-state index is 10.8. The Bertz CT molecular complexity index is 190. The zero-order valence-electron chi connectivity index (χ0n) is 6.59. The average Bonchev–Trinajstić information content (AvgIpc) is 1.86. The van der Waals surface area contributed by atoms with Gasteiger partial charge in [-0.15, -0.1) is 0 Å². The molecule has 0 saturated carbocycles. The zero-order valence-corrected chi connectivity index (χ0v) is 6.59. The van der Waals surface area contributed by atoms with Crippen LogP contribution in [0.3, 0.4) is 0 Å². The molecule has 11 heavy (non-hydrogen) atoms. The third-order valence-electron chi connectivity index (χ3n) is 1.72. The van der Waals surface area contributed by atoms with E-state index in [-0.39, 0.29) is 24.0 Å². The summed E-state index contributed by atoms with van der Waals surface area (Å²) in [4.78, 5) is 21.2. The number of amides is 1. The van der Waals surface area contributed by atoms with Crippen LogP contribution in [0.4, 0.5) is 0 Å². The lowest BCUT2D eigenvalue weighted by molar-refractivity contribution is -0.167. The summed E-state index contributed by atoms with van der Waals surface area (Å²) in [6.07, 6.45) is 0.328. The van der Waals surface area contributed by atoms with E-state index in [0.717, 1.165) is 0 Å². The number of carbonyl (C=O) groups is 2. The van der Waals surface area contributed by atoms with Crippen molar-refractivity contribution in [3.63, 3.8) is 0 Å². The summed E-state index contributed by atoms with van der Waals surface area (Å²) in [5.41, 5.74) is 0. The summed E-state index contributed by atoms with van der Waals surface area (Å²) in [6, 6.07) is 0. The number of hydrogen-bond donors (Lipinski definition) is 1. The van der Waals surface area contributed by atoms with Gasteiger partial charge in [-0.1, -0.05) is 6.92 Å². The maximum Gasteiger partial charge on any atom is 0.304 e. The Morgan fingerprint density at radius 3 is 2.73 bits per heavy atom. The number of ether oxygens (including phenoxy) is 1. The Labute approximate surface area is 64.9 Å². The minimum atomic E-state index is -0.384. The van der Waals surface area contributed by atoms with E-state index >= 15 is 0 Å². The van der Waals surface area contributed by atoms with E-state index in [9.17, 15) is 9.59 Å². The van der Waals surface area contributed by atoms with E-state index in [4.69, 9.17) is 4.74 Å². The summed E-state index contributed by atoms with van der Waals surface area (Å²) in [7, 11) is 0. The van der Waals surface area contributed by atoms with Crippen molar-refractivity contribution in [1.29, 1.82) is 0 Å². The molecule has 2 atom stereocenters. The van der Waals surface area contributed by atoms with Crippen LogP contribution in [0.1, 0.15) is 20.3 Å². The predicted octanol–water partition coefficient (Wildman–Crippen LogP) is 0.0316. The highest BCUT2D eigenvalue weighted by atomic mass is 16.6. The van der Waals surface area contributed by atoms with Gasteiger partial charge in [0, 0.05) is 6.92 Å². The van der Waals surface area contributed by atoms with Gasteiger partial charge in [-0.3, -0.25) is 9.59 Å². The van der Waals surface area contributed by atoms with Crippen LogP contribution in [0.15, 0.2) is 0 Å². The SMILES string of the molecule is CCC1C(=O)NC1OC(C)=O. The van der Waals surface area contributed by atoms with Gasteiger partial charge in [-0.2, -0.15) is 0 Å². The second-order valence-electron chi connectivity index (χ2n) is 2.55. The molecule has 0 aromatic heterocycles. The fourth-order valence-electron chi connectivity index (χ4n) is 1.08. The molecule has 1 heterocycles. The van der Waals surface area contributed by atoms with Crippen molar-refractivity contribution in [2.75, 3.05) is 0 Å². The van der Waals surface area contributed by atoms with E-state index in [1.807, 2.05) is 6.92 Å². The number of β-lactam (4-membered cyclic amide) rings is 1. The number of nitrogens with one attached hydrogen (secondary N) is 1. The monoisotopic (exact) mass is 157 g/mol. The van der Waals surface area contributed by atoms with Crippen molar-refractivity contribution in [3.8, 4) is 0 Å². The number of rotatable bonds is 2. The standard InChI is InChI=1S/C7H11NO3/c1-3-5-6(10)8-7(5)11-4(2)9/h5,7H,3H2,1-2H3,(H,8,10). The lowest BCUT2D eigenvalue weighted by Gasteiger charge is -2.34. The van der Waals surface area contributed by atoms with Crippen LogP contribution in [-0.4, -0.2) is 18.1 Å². The van der Waals surface area contributed by atoms with Crippen LogP contribution >= 0.6 is 0 Å². The highest BCUT2D eigenvalue weighted by Crippen LogP contribution is 2.19. The smallest absolute Gasteiger partial charge is 0.304 e. The van der Waals surface area contributed by atoms with Crippen molar-refractivity contribution >= 4 is 11.9 Å². The molecule has 1 fully saturated rings. The summed E-state index contributed by atoms with van der Waals surface area (Å²) in [5, 5.41) is 2.49. The molecule has 0 aliphatic carbocycles. The van der Waals surface area contributed by atoms with Gasteiger partial charge in [0.15, 0.2) is 6.23 Å². The number of hydrogen-bond acceptors (Lipinski definition) is 3. The molecule has 1 saturated heterocycles. The highest BCUT2D eigenvalue weighted by molar-refractivity contribution is 5.86. The molecule has 1 aliphatic rings. The molecule has 4 nitrogen and oxygen atoms in total. The Morgan fingerprint density at radius 2 is 2.36 bits per heavy atom. The summed E-state index contributed by atoms with van der Waals surface area (Å²) in [5.74, 6) is -0.522.